The largest absolute Gasteiger partial charge is 0.416 e. The first-order valence-corrected chi connectivity index (χ1v) is 8.66. The van der Waals surface area contributed by atoms with Gasteiger partial charge in [-0.25, -0.2) is 4.79 Å². The molecular formula is C18H23F3N4O3. The number of nitrogens with zero attached hydrogens (tertiary/aromatic N) is 1. The number of aliphatic hydroxyl groups excluding tert-OH is 1. The van der Waals surface area contributed by atoms with Crippen LogP contribution in [0.1, 0.15) is 31.6 Å². The van der Waals surface area contributed by atoms with Crippen LogP contribution in [0.4, 0.5) is 29.5 Å². The highest BCUT2D eigenvalue weighted by Crippen LogP contribution is 2.29. The van der Waals surface area contributed by atoms with Crippen molar-refractivity contribution in [3.8, 4) is 0 Å². The van der Waals surface area contributed by atoms with Crippen LogP contribution in [-0.2, 0) is 11.6 Å². The fourth-order valence-corrected chi connectivity index (χ4v) is 2.19. The molecule has 0 spiro atoms. The van der Waals surface area contributed by atoms with E-state index in [1.165, 1.54) is 12.1 Å². The van der Waals surface area contributed by atoms with E-state index in [4.69, 9.17) is 4.52 Å². The summed E-state index contributed by atoms with van der Waals surface area (Å²) < 4.78 is 42.6. The van der Waals surface area contributed by atoms with Crippen molar-refractivity contribution in [2.75, 3.05) is 30.3 Å². The van der Waals surface area contributed by atoms with Gasteiger partial charge in [-0.15, -0.1) is 0 Å². The van der Waals surface area contributed by atoms with Crippen molar-refractivity contribution in [2.24, 2.45) is 0 Å². The number of anilines is 2. The second kappa shape index (κ2) is 8.96. The third-order valence-corrected chi connectivity index (χ3v) is 3.99. The van der Waals surface area contributed by atoms with Crippen LogP contribution in [0.3, 0.4) is 0 Å². The molecule has 0 unspecified atom stereocenters. The molecule has 0 aliphatic rings. The molecule has 0 aliphatic carbocycles. The SMILES string of the molecule is CC(C)(CO)c1cc(NC(=O)NCCCNc2ccc(C(F)(F)F)cc2)no1. The van der Waals surface area contributed by atoms with Crippen molar-refractivity contribution in [3.05, 3.63) is 41.7 Å². The topological polar surface area (TPSA) is 99.4 Å². The first kappa shape index (κ1) is 21.5. The summed E-state index contributed by atoms with van der Waals surface area (Å²) in [5, 5.41) is 21.2. The quantitative estimate of drug-likeness (QED) is 0.508. The molecule has 2 rings (SSSR count). The van der Waals surface area contributed by atoms with Crippen molar-refractivity contribution < 1.29 is 27.6 Å². The molecule has 2 amide bonds. The standard InChI is InChI=1S/C18H23F3N4O3/c1-17(2,11-26)14-10-15(25-28-14)24-16(27)23-9-3-8-22-13-6-4-12(5-7-13)18(19,20)21/h4-7,10,22,26H,3,8-9,11H2,1-2H3,(H2,23,24,25,27). The molecule has 2 aromatic rings. The van der Waals surface area contributed by atoms with Crippen molar-refractivity contribution >= 4 is 17.5 Å². The molecule has 0 atom stereocenters. The lowest BCUT2D eigenvalue weighted by Gasteiger charge is -2.16. The Balaban J connectivity index is 1.67. The van der Waals surface area contributed by atoms with Gasteiger partial charge in [0, 0.05) is 30.3 Å². The Hall–Kier alpha value is -2.75. The van der Waals surface area contributed by atoms with Gasteiger partial charge in [0.25, 0.3) is 0 Å². The van der Waals surface area contributed by atoms with Gasteiger partial charge in [-0.3, -0.25) is 5.32 Å². The Morgan fingerprint density at radius 3 is 2.46 bits per heavy atom. The highest BCUT2D eigenvalue weighted by atomic mass is 19.4. The van der Waals surface area contributed by atoms with E-state index in [-0.39, 0.29) is 12.4 Å². The molecule has 1 aromatic carbocycles. The van der Waals surface area contributed by atoms with E-state index in [0.717, 1.165) is 12.1 Å². The molecule has 0 radical (unpaired) electrons. The van der Waals surface area contributed by atoms with Crippen LogP contribution in [0.5, 0.6) is 0 Å². The summed E-state index contributed by atoms with van der Waals surface area (Å²) in [6.45, 7) is 4.26. The second-order valence-corrected chi connectivity index (χ2v) is 6.85. The van der Waals surface area contributed by atoms with Gasteiger partial charge in [0.2, 0.25) is 0 Å². The minimum absolute atomic E-state index is 0.125. The summed E-state index contributed by atoms with van der Waals surface area (Å²) in [6, 6.07) is 5.83. The normalized spacial score (nSPS) is 11.9. The number of halogens is 3. The van der Waals surface area contributed by atoms with Crippen LogP contribution in [0, 0.1) is 0 Å². The maximum atomic E-state index is 12.5. The van der Waals surface area contributed by atoms with E-state index in [9.17, 15) is 23.1 Å². The molecule has 7 nitrogen and oxygen atoms in total. The maximum absolute atomic E-state index is 12.5. The Morgan fingerprint density at radius 1 is 1.18 bits per heavy atom. The van der Waals surface area contributed by atoms with Gasteiger partial charge in [-0.2, -0.15) is 13.2 Å². The summed E-state index contributed by atoms with van der Waals surface area (Å²) in [7, 11) is 0. The number of benzene rings is 1. The number of aliphatic hydroxyl groups is 1. The zero-order valence-electron chi connectivity index (χ0n) is 15.6. The van der Waals surface area contributed by atoms with Gasteiger partial charge >= 0.3 is 12.2 Å². The summed E-state index contributed by atoms with van der Waals surface area (Å²) in [6.07, 6.45) is -3.79. The smallest absolute Gasteiger partial charge is 0.395 e. The summed E-state index contributed by atoms with van der Waals surface area (Å²) in [4.78, 5) is 11.8. The number of alkyl halides is 3. The third kappa shape index (κ3) is 6.15. The van der Waals surface area contributed by atoms with Crippen LogP contribution in [0.25, 0.3) is 0 Å². The molecule has 0 aliphatic heterocycles. The summed E-state index contributed by atoms with van der Waals surface area (Å²) in [5.41, 5.74) is -0.734. The lowest BCUT2D eigenvalue weighted by molar-refractivity contribution is -0.137. The fourth-order valence-electron chi connectivity index (χ4n) is 2.19. The minimum Gasteiger partial charge on any atom is -0.395 e. The fraction of sp³-hybridized carbons (Fsp3) is 0.444. The molecule has 28 heavy (non-hydrogen) atoms. The predicted octanol–water partition coefficient (Wildman–Crippen LogP) is 3.59. The van der Waals surface area contributed by atoms with Gasteiger partial charge in [0.05, 0.1) is 12.2 Å². The summed E-state index contributed by atoms with van der Waals surface area (Å²) in [5.74, 6) is 0.683. The minimum atomic E-state index is -4.35. The van der Waals surface area contributed by atoms with Gasteiger partial charge in [-0.05, 0) is 30.7 Å². The second-order valence-electron chi connectivity index (χ2n) is 6.85. The van der Waals surface area contributed by atoms with E-state index in [1.54, 1.807) is 19.9 Å². The van der Waals surface area contributed by atoms with Crippen LogP contribution >= 0.6 is 0 Å². The molecule has 4 N–H and O–H groups in total. The van der Waals surface area contributed by atoms with Gasteiger partial charge < -0.3 is 20.3 Å². The van der Waals surface area contributed by atoms with E-state index in [2.05, 4.69) is 21.1 Å². The van der Waals surface area contributed by atoms with Gasteiger partial charge in [0.1, 0.15) is 5.76 Å². The van der Waals surface area contributed by atoms with E-state index in [1.807, 2.05) is 0 Å². The maximum Gasteiger partial charge on any atom is 0.416 e. The molecule has 0 saturated heterocycles. The number of aromatic nitrogens is 1. The third-order valence-electron chi connectivity index (χ3n) is 3.99. The average Bonchev–Trinajstić information content (AvgIpc) is 3.10. The number of nitrogens with one attached hydrogen (secondary N) is 3. The number of carbonyl (C=O) groups excluding carboxylic acids is 1. The molecule has 10 heteroatoms. The van der Waals surface area contributed by atoms with Crippen LogP contribution in [0.2, 0.25) is 0 Å². The number of amides is 2. The van der Waals surface area contributed by atoms with Crippen LogP contribution in [-0.4, -0.2) is 36.0 Å². The number of hydrogen-bond donors (Lipinski definition) is 4. The zero-order valence-corrected chi connectivity index (χ0v) is 15.6. The first-order chi connectivity index (χ1) is 13.1. The number of carbonyl (C=O) groups is 1. The Bertz CT molecular complexity index is 773. The van der Waals surface area contributed by atoms with Crippen LogP contribution in [0.15, 0.2) is 34.9 Å². The van der Waals surface area contributed by atoms with Crippen molar-refractivity contribution in [1.29, 1.82) is 0 Å². The number of urea groups is 1. The first-order valence-electron chi connectivity index (χ1n) is 8.66. The summed E-state index contributed by atoms with van der Waals surface area (Å²) >= 11 is 0. The lowest BCUT2D eigenvalue weighted by atomic mass is 9.92. The van der Waals surface area contributed by atoms with Crippen molar-refractivity contribution in [3.63, 3.8) is 0 Å². The predicted molar refractivity (Wildman–Crippen MR) is 98.2 cm³/mol. The molecule has 1 aromatic heterocycles. The van der Waals surface area contributed by atoms with E-state index < -0.39 is 23.2 Å². The Kier molecular flexibility index (Phi) is 6.90. The van der Waals surface area contributed by atoms with E-state index >= 15 is 0 Å². The zero-order chi connectivity index (χ0) is 20.8. The molecule has 0 saturated carbocycles. The number of rotatable bonds is 8. The Morgan fingerprint density at radius 2 is 1.86 bits per heavy atom. The molecule has 154 valence electrons. The average molecular weight is 400 g/mol. The monoisotopic (exact) mass is 400 g/mol. The number of hydrogen-bond acceptors (Lipinski definition) is 5. The Labute approximate surface area is 160 Å². The van der Waals surface area contributed by atoms with E-state index in [0.29, 0.717) is 31.0 Å². The van der Waals surface area contributed by atoms with Crippen molar-refractivity contribution in [2.45, 2.75) is 31.9 Å². The van der Waals surface area contributed by atoms with Gasteiger partial charge in [-0.1, -0.05) is 19.0 Å². The van der Waals surface area contributed by atoms with Crippen molar-refractivity contribution in [1.82, 2.24) is 10.5 Å². The molecular weight excluding hydrogens is 377 g/mol. The molecule has 0 fully saturated rings. The highest BCUT2D eigenvalue weighted by molar-refractivity contribution is 5.88. The molecule has 1 heterocycles. The molecule has 0 bridgehead atoms. The van der Waals surface area contributed by atoms with Gasteiger partial charge in [0.15, 0.2) is 5.82 Å². The lowest BCUT2D eigenvalue weighted by Crippen LogP contribution is -2.30. The van der Waals surface area contributed by atoms with Crippen LogP contribution < -0.4 is 16.0 Å². The highest BCUT2D eigenvalue weighted by Gasteiger charge is 2.29.